The molecule has 2 rings (SSSR count). The van der Waals surface area contributed by atoms with Crippen molar-refractivity contribution in [2.24, 2.45) is 4.99 Å². The summed E-state index contributed by atoms with van der Waals surface area (Å²) in [6.07, 6.45) is 6.29. The van der Waals surface area contributed by atoms with Crippen LogP contribution >= 0.6 is 24.0 Å². The number of unbranched alkanes of at least 4 members (excludes halogenated alkanes) is 1. The van der Waals surface area contributed by atoms with Crippen molar-refractivity contribution >= 4 is 29.9 Å². The van der Waals surface area contributed by atoms with Gasteiger partial charge in [0.05, 0.1) is 11.9 Å². The van der Waals surface area contributed by atoms with Crippen molar-refractivity contribution in [2.75, 3.05) is 20.6 Å². The Morgan fingerprint density at radius 2 is 2.04 bits per heavy atom. The number of nitrogens with one attached hydrogen (secondary N) is 1. The number of rotatable bonds is 6. The first-order valence-corrected chi connectivity index (χ1v) is 7.75. The molecule has 5 nitrogen and oxygen atoms in total. The molecular formula is C17H26IN5. The van der Waals surface area contributed by atoms with E-state index < -0.39 is 0 Å². The van der Waals surface area contributed by atoms with E-state index in [4.69, 9.17) is 0 Å². The number of aliphatic imine (C=N–C) groups is 1. The van der Waals surface area contributed by atoms with Crippen LogP contribution in [0, 0.1) is 0 Å². The maximum absolute atomic E-state index is 4.41. The first-order valence-electron chi connectivity index (χ1n) is 7.75. The quantitative estimate of drug-likeness (QED) is 0.437. The zero-order valence-corrected chi connectivity index (χ0v) is 16.4. The van der Waals surface area contributed by atoms with Crippen molar-refractivity contribution in [3.63, 3.8) is 0 Å². The number of halogens is 1. The lowest BCUT2D eigenvalue weighted by molar-refractivity contribution is 0.464. The van der Waals surface area contributed by atoms with Crippen LogP contribution in [0.3, 0.4) is 0 Å². The maximum atomic E-state index is 4.41. The van der Waals surface area contributed by atoms with Crippen molar-refractivity contribution in [1.29, 1.82) is 0 Å². The van der Waals surface area contributed by atoms with Gasteiger partial charge in [-0.15, -0.1) is 24.0 Å². The number of aromatic nitrogens is 2. The van der Waals surface area contributed by atoms with Crippen molar-refractivity contribution in [1.82, 2.24) is 20.0 Å². The van der Waals surface area contributed by atoms with Gasteiger partial charge in [0.25, 0.3) is 0 Å². The van der Waals surface area contributed by atoms with Gasteiger partial charge in [-0.05, 0) is 18.6 Å². The van der Waals surface area contributed by atoms with E-state index in [0.717, 1.165) is 30.3 Å². The van der Waals surface area contributed by atoms with Gasteiger partial charge in [-0.2, -0.15) is 5.10 Å². The predicted octanol–water partition coefficient (Wildman–Crippen LogP) is 3.30. The highest BCUT2D eigenvalue weighted by Crippen LogP contribution is 2.07. The van der Waals surface area contributed by atoms with Crippen molar-refractivity contribution in [3.8, 4) is 5.69 Å². The summed E-state index contributed by atoms with van der Waals surface area (Å²) in [6, 6.07) is 10.1. The van der Waals surface area contributed by atoms with Gasteiger partial charge in [0.2, 0.25) is 0 Å². The first-order chi connectivity index (χ1) is 10.7. The molecule has 0 spiro atoms. The van der Waals surface area contributed by atoms with Crippen LogP contribution in [0.4, 0.5) is 0 Å². The van der Waals surface area contributed by atoms with Gasteiger partial charge in [-0.25, -0.2) is 4.68 Å². The Hall–Kier alpha value is -1.57. The highest BCUT2D eigenvalue weighted by atomic mass is 127. The third kappa shape index (κ3) is 5.85. The van der Waals surface area contributed by atoms with E-state index in [0.29, 0.717) is 0 Å². The number of hydrogen-bond acceptors (Lipinski definition) is 2. The molecule has 0 aliphatic rings. The molecule has 0 amide bonds. The van der Waals surface area contributed by atoms with Crippen LogP contribution in [-0.4, -0.2) is 41.3 Å². The normalized spacial score (nSPS) is 11.0. The Labute approximate surface area is 155 Å². The van der Waals surface area contributed by atoms with Crippen LogP contribution < -0.4 is 5.32 Å². The number of nitrogens with zero attached hydrogens (tertiary/aromatic N) is 4. The van der Waals surface area contributed by atoms with Gasteiger partial charge in [-0.1, -0.05) is 31.5 Å². The Morgan fingerprint density at radius 3 is 2.70 bits per heavy atom. The van der Waals surface area contributed by atoms with Crippen molar-refractivity contribution < 1.29 is 0 Å². The van der Waals surface area contributed by atoms with Crippen LogP contribution in [-0.2, 0) is 6.54 Å². The Morgan fingerprint density at radius 1 is 1.30 bits per heavy atom. The SMILES string of the molecule is CCCCN(C)C(=NC)NCc1cnn(-c2ccccc2)c1.I. The molecule has 2 aromatic rings. The molecule has 0 radical (unpaired) electrons. The zero-order valence-electron chi connectivity index (χ0n) is 14.1. The molecule has 0 fully saturated rings. The molecule has 0 atom stereocenters. The minimum absolute atomic E-state index is 0. The second-order valence-electron chi connectivity index (χ2n) is 5.30. The molecular weight excluding hydrogens is 401 g/mol. The Balaban J connectivity index is 0.00000264. The Kier molecular flexibility index (Phi) is 8.68. The lowest BCUT2D eigenvalue weighted by atomic mass is 10.3. The lowest BCUT2D eigenvalue weighted by Gasteiger charge is -2.21. The third-order valence-corrected chi connectivity index (χ3v) is 3.53. The summed E-state index contributed by atoms with van der Waals surface area (Å²) < 4.78 is 1.89. The molecule has 1 heterocycles. The van der Waals surface area contributed by atoms with Gasteiger partial charge in [0.1, 0.15) is 0 Å². The summed E-state index contributed by atoms with van der Waals surface area (Å²) in [6.45, 7) is 3.93. The topological polar surface area (TPSA) is 45.4 Å². The fraction of sp³-hybridized carbons (Fsp3) is 0.412. The average Bonchev–Trinajstić information content (AvgIpc) is 3.03. The standard InChI is InChI=1S/C17H25N5.HI/c1-4-5-11-21(3)17(18-2)19-12-15-13-20-22(14-15)16-9-7-6-8-10-16;/h6-10,13-14H,4-5,11-12H2,1-3H3,(H,18,19);1H. The smallest absolute Gasteiger partial charge is 0.193 e. The molecule has 1 aromatic heterocycles. The van der Waals surface area contributed by atoms with E-state index in [9.17, 15) is 0 Å². The number of hydrogen-bond donors (Lipinski definition) is 1. The highest BCUT2D eigenvalue weighted by Gasteiger charge is 2.06. The predicted molar refractivity (Wildman–Crippen MR) is 107 cm³/mol. The van der Waals surface area contributed by atoms with Gasteiger partial charge >= 0.3 is 0 Å². The molecule has 0 saturated heterocycles. The van der Waals surface area contributed by atoms with Gasteiger partial charge in [0.15, 0.2) is 5.96 Å². The first kappa shape index (κ1) is 19.5. The van der Waals surface area contributed by atoms with E-state index in [1.807, 2.05) is 54.5 Å². The molecule has 0 bridgehead atoms. The number of para-hydroxylation sites is 1. The van der Waals surface area contributed by atoms with Crippen LogP contribution in [0.5, 0.6) is 0 Å². The van der Waals surface area contributed by atoms with E-state index >= 15 is 0 Å². The van der Waals surface area contributed by atoms with Gasteiger partial charge in [0, 0.05) is 38.9 Å². The maximum Gasteiger partial charge on any atom is 0.193 e. The average molecular weight is 427 g/mol. The van der Waals surface area contributed by atoms with E-state index in [-0.39, 0.29) is 24.0 Å². The number of guanidine groups is 1. The van der Waals surface area contributed by atoms with Crippen molar-refractivity contribution in [3.05, 3.63) is 48.3 Å². The zero-order chi connectivity index (χ0) is 15.8. The monoisotopic (exact) mass is 427 g/mol. The second kappa shape index (κ2) is 10.3. The van der Waals surface area contributed by atoms with Crippen LogP contribution in [0.15, 0.2) is 47.7 Å². The Bertz CT molecular complexity index is 594. The summed E-state index contributed by atoms with van der Waals surface area (Å²) in [5.41, 5.74) is 2.20. The molecule has 1 aromatic carbocycles. The van der Waals surface area contributed by atoms with Crippen molar-refractivity contribution in [2.45, 2.75) is 26.3 Å². The van der Waals surface area contributed by atoms with Gasteiger partial charge in [-0.3, -0.25) is 4.99 Å². The molecule has 126 valence electrons. The molecule has 6 heteroatoms. The lowest BCUT2D eigenvalue weighted by Crippen LogP contribution is -2.38. The summed E-state index contributed by atoms with van der Waals surface area (Å²) in [7, 11) is 3.89. The summed E-state index contributed by atoms with van der Waals surface area (Å²) in [5, 5.41) is 7.79. The van der Waals surface area contributed by atoms with E-state index in [1.165, 1.54) is 12.8 Å². The summed E-state index contributed by atoms with van der Waals surface area (Å²) >= 11 is 0. The molecule has 0 aliphatic carbocycles. The molecule has 1 N–H and O–H groups in total. The fourth-order valence-corrected chi connectivity index (χ4v) is 2.24. The largest absolute Gasteiger partial charge is 0.352 e. The fourth-order valence-electron chi connectivity index (χ4n) is 2.24. The van der Waals surface area contributed by atoms with E-state index in [2.05, 4.69) is 34.3 Å². The molecule has 23 heavy (non-hydrogen) atoms. The molecule has 0 aliphatic heterocycles. The molecule has 0 saturated carbocycles. The van der Waals surface area contributed by atoms with E-state index in [1.54, 1.807) is 0 Å². The second-order valence-corrected chi connectivity index (χ2v) is 5.30. The molecule has 0 unspecified atom stereocenters. The minimum Gasteiger partial charge on any atom is -0.352 e. The minimum atomic E-state index is 0. The van der Waals surface area contributed by atoms with Crippen LogP contribution in [0.25, 0.3) is 5.69 Å². The van der Waals surface area contributed by atoms with Crippen LogP contribution in [0.1, 0.15) is 25.3 Å². The number of benzene rings is 1. The highest BCUT2D eigenvalue weighted by molar-refractivity contribution is 14.0. The summed E-state index contributed by atoms with van der Waals surface area (Å²) in [5.74, 6) is 0.918. The van der Waals surface area contributed by atoms with Crippen LogP contribution in [0.2, 0.25) is 0 Å². The third-order valence-electron chi connectivity index (χ3n) is 3.53. The summed E-state index contributed by atoms with van der Waals surface area (Å²) in [4.78, 5) is 6.48. The van der Waals surface area contributed by atoms with Gasteiger partial charge < -0.3 is 10.2 Å².